The molecular weight excluding hydrogens is 381 g/mol. The zero-order valence-corrected chi connectivity index (χ0v) is 16.0. The molecule has 3 aromatic rings. The normalized spacial score (nSPS) is 13.2. The van der Waals surface area contributed by atoms with Gasteiger partial charge >= 0.3 is 0 Å². The van der Waals surface area contributed by atoms with Crippen LogP contribution >= 0.6 is 23.2 Å². The van der Waals surface area contributed by atoms with Crippen LogP contribution in [0.25, 0.3) is 0 Å². The first-order valence-corrected chi connectivity index (χ1v) is 9.39. The van der Waals surface area contributed by atoms with Crippen LogP contribution in [0.2, 0.25) is 10.0 Å². The molecule has 0 spiro atoms. The maximum absolute atomic E-state index is 12.6. The third-order valence-electron chi connectivity index (χ3n) is 4.66. The number of amides is 1. The van der Waals surface area contributed by atoms with Crippen molar-refractivity contribution in [2.75, 3.05) is 16.8 Å². The monoisotopic (exact) mass is 397 g/mol. The smallest absolute Gasteiger partial charge is 0.257 e. The van der Waals surface area contributed by atoms with E-state index in [1.807, 2.05) is 6.07 Å². The van der Waals surface area contributed by atoms with E-state index in [1.165, 1.54) is 11.1 Å². The Bertz CT molecular complexity index is 1010. The fourth-order valence-electron chi connectivity index (χ4n) is 3.23. The highest BCUT2D eigenvalue weighted by molar-refractivity contribution is 6.35. The molecule has 1 N–H and O–H groups in total. The Kier molecular flexibility index (Phi) is 5.01. The number of carbonyl (C=O) groups is 1. The molecule has 0 fully saturated rings. The summed E-state index contributed by atoms with van der Waals surface area (Å²) < 4.78 is 0. The van der Waals surface area contributed by atoms with E-state index < -0.39 is 0 Å². The molecule has 0 bridgehead atoms. The zero-order chi connectivity index (χ0) is 18.8. The van der Waals surface area contributed by atoms with Gasteiger partial charge < -0.3 is 10.2 Å². The number of benzene rings is 2. The van der Waals surface area contributed by atoms with Crippen LogP contribution < -0.4 is 10.2 Å². The number of halogens is 2. The topological polar surface area (TPSA) is 45.2 Å². The molecule has 6 heteroatoms. The van der Waals surface area contributed by atoms with E-state index in [0.717, 1.165) is 25.2 Å². The van der Waals surface area contributed by atoms with Gasteiger partial charge in [0.05, 0.1) is 28.2 Å². The molecule has 4 nitrogen and oxygen atoms in total. The highest BCUT2D eigenvalue weighted by Gasteiger charge is 2.18. The zero-order valence-electron chi connectivity index (χ0n) is 14.5. The van der Waals surface area contributed by atoms with E-state index in [4.69, 9.17) is 23.2 Å². The second kappa shape index (κ2) is 7.59. The number of fused-ring (bicyclic) bond motifs is 1. The van der Waals surface area contributed by atoms with Crippen LogP contribution in [-0.4, -0.2) is 17.4 Å². The molecule has 27 heavy (non-hydrogen) atoms. The van der Waals surface area contributed by atoms with Crippen molar-refractivity contribution in [1.82, 2.24) is 4.98 Å². The summed E-state index contributed by atoms with van der Waals surface area (Å²) in [5.41, 5.74) is 4.57. The molecule has 0 aliphatic carbocycles. The summed E-state index contributed by atoms with van der Waals surface area (Å²) in [4.78, 5) is 19.1. The summed E-state index contributed by atoms with van der Waals surface area (Å²) in [5, 5.41) is 3.74. The van der Waals surface area contributed by atoms with Gasteiger partial charge in [0, 0.05) is 24.3 Å². The standard InChI is InChI=1S/C21H17Cl2N3O/c22-17-5-6-19(23)20(10-17)25-21(27)16-9-18(12-24-11-16)26-8-7-14-3-1-2-4-15(14)13-26/h1-6,9-12H,7-8,13H2,(H,25,27). The van der Waals surface area contributed by atoms with Crippen LogP contribution in [0.1, 0.15) is 21.5 Å². The van der Waals surface area contributed by atoms with E-state index in [1.54, 1.807) is 30.6 Å². The molecule has 2 aromatic carbocycles. The molecule has 1 aromatic heterocycles. The van der Waals surface area contributed by atoms with Gasteiger partial charge in [0.25, 0.3) is 5.91 Å². The molecule has 136 valence electrons. The quantitative estimate of drug-likeness (QED) is 0.659. The number of anilines is 2. The Morgan fingerprint density at radius 1 is 1.04 bits per heavy atom. The summed E-state index contributed by atoms with van der Waals surface area (Å²) in [7, 11) is 0. The maximum atomic E-state index is 12.6. The summed E-state index contributed by atoms with van der Waals surface area (Å²) in [5.74, 6) is -0.272. The first-order valence-electron chi connectivity index (χ1n) is 8.63. The van der Waals surface area contributed by atoms with Crippen molar-refractivity contribution in [1.29, 1.82) is 0 Å². The van der Waals surface area contributed by atoms with Crippen molar-refractivity contribution in [3.05, 3.63) is 87.7 Å². The van der Waals surface area contributed by atoms with Crippen molar-refractivity contribution in [3.8, 4) is 0 Å². The molecule has 1 amide bonds. The summed E-state index contributed by atoms with van der Waals surface area (Å²) >= 11 is 12.1. The van der Waals surface area contributed by atoms with Gasteiger partial charge in [-0.25, -0.2) is 0 Å². The number of hydrogen-bond acceptors (Lipinski definition) is 3. The number of pyridine rings is 1. The lowest BCUT2D eigenvalue weighted by Gasteiger charge is -2.30. The second-order valence-corrected chi connectivity index (χ2v) is 7.29. The number of hydrogen-bond donors (Lipinski definition) is 1. The molecule has 4 rings (SSSR count). The van der Waals surface area contributed by atoms with Crippen molar-refractivity contribution in [3.63, 3.8) is 0 Å². The number of nitrogens with one attached hydrogen (secondary N) is 1. The number of aromatic nitrogens is 1. The van der Waals surface area contributed by atoms with Crippen LogP contribution in [0, 0.1) is 0 Å². The first-order chi connectivity index (χ1) is 13.1. The van der Waals surface area contributed by atoms with Crippen LogP contribution in [0.15, 0.2) is 60.9 Å². The van der Waals surface area contributed by atoms with E-state index in [2.05, 4.69) is 39.5 Å². The van der Waals surface area contributed by atoms with Crippen LogP contribution in [-0.2, 0) is 13.0 Å². The van der Waals surface area contributed by atoms with Crippen molar-refractivity contribution in [2.24, 2.45) is 0 Å². The van der Waals surface area contributed by atoms with Crippen molar-refractivity contribution in [2.45, 2.75) is 13.0 Å². The average Bonchev–Trinajstić information content (AvgIpc) is 2.70. The van der Waals surface area contributed by atoms with Gasteiger partial charge in [-0.05, 0) is 41.8 Å². The molecular formula is C21H17Cl2N3O. The lowest BCUT2D eigenvalue weighted by atomic mass is 9.99. The fraction of sp³-hybridized carbons (Fsp3) is 0.143. The summed E-state index contributed by atoms with van der Waals surface area (Å²) in [6.45, 7) is 1.70. The Hall–Kier alpha value is -2.56. The van der Waals surface area contributed by atoms with E-state index in [-0.39, 0.29) is 5.91 Å². The largest absolute Gasteiger partial charge is 0.366 e. The van der Waals surface area contributed by atoms with Gasteiger partial charge in [-0.15, -0.1) is 0 Å². The molecule has 0 saturated heterocycles. The van der Waals surface area contributed by atoms with Crippen molar-refractivity contribution >= 4 is 40.5 Å². The fourth-order valence-corrected chi connectivity index (χ4v) is 3.57. The minimum Gasteiger partial charge on any atom is -0.366 e. The molecule has 1 aliphatic rings. The Morgan fingerprint density at radius 3 is 2.70 bits per heavy atom. The highest BCUT2D eigenvalue weighted by atomic mass is 35.5. The third-order valence-corrected chi connectivity index (χ3v) is 5.22. The van der Waals surface area contributed by atoms with E-state index in [9.17, 15) is 4.79 Å². The maximum Gasteiger partial charge on any atom is 0.257 e. The Labute approximate surface area is 167 Å². The third kappa shape index (κ3) is 3.92. The minimum atomic E-state index is -0.272. The average molecular weight is 398 g/mol. The number of rotatable bonds is 3. The number of carbonyl (C=O) groups excluding carboxylic acids is 1. The lowest BCUT2D eigenvalue weighted by Crippen LogP contribution is -2.30. The molecule has 0 unspecified atom stereocenters. The van der Waals surface area contributed by atoms with Crippen LogP contribution in [0.4, 0.5) is 11.4 Å². The van der Waals surface area contributed by atoms with Gasteiger partial charge in [0.1, 0.15) is 0 Å². The summed E-state index contributed by atoms with van der Waals surface area (Å²) in [6.07, 6.45) is 4.32. The van der Waals surface area contributed by atoms with E-state index >= 15 is 0 Å². The molecule has 0 saturated carbocycles. The van der Waals surface area contributed by atoms with Gasteiger partial charge in [-0.3, -0.25) is 9.78 Å². The van der Waals surface area contributed by atoms with Gasteiger partial charge in [0.2, 0.25) is 0 Å². The van der Waals surface area contributed by atoms with E-state index in [0.29, 0.717) is 21.3 Å². The summed E-state index contributed by atoms with van der Waals surface area (Å²) in [6, 6.07) is 15.3. The minimum absolute atomic E-state index is 0.272. The predicted molar refractivity (Wildman–Crippen MR) is 110 cm³/mol. The van der Waals surface area contributed by atoms with Gasteiger partial charge in [0.15, 0.2) is 0 Å². The first kappa shape index (κ1) is 17.8. The van der Waals surface area contributed by atoms with Crippen LogP contribution in [0.5, 0.6) is 0 Å². The Balaban J connectivity index is 1.54. The molecule has 2 heterocycles. The van der Waals surface area contributed by atoms with Crippen LogP contribution in [0.3, 0.4) is 0 Å². The molecule has 1 aliphatic heterocycles. The predicted octanol–water partition coefficient (Wildman–Crippen LogP) is 5.20. The van der Waals surface area contributed by atoms with Gasteiger partial charge in [-0.1, -0.05) is 47.5 Å². The SMILES string of the molecule is O=C(Nc1cc(Cl)ccc1Cl)c1cncc(N2CCc3ccccc3C2)c1. The van der Waals surface area contributed by atoms with Crippen molar-refractivity contribution < 1.29 is 4.79 Å². The number of nitrogens with zero attached hydrogens (tertiary/aromatic N) is 2. The molecule has 0 atom stereocenters. The van der Waals surface area contributed by atoms with Gasteiger partial charge in [-0.2, -0.15) is 0 Å². The highest BCUT2D eigenvalue weighted by Crippen LogP contribution is 2.27. The Morgan fingerprint density at radius 2 is 1.85 bits per heavy atom. The molecule has 0 radical (unpaired) electrons. The second-order valence-electron chi connectivity index (χ2n) is 6.45. The lowest BCUT2D eigenvalue weighted by molar-refractivity contribution is 0.102.